The maximum atomic E-state index is 11.0. The van der Waals surface area contributed by atoms with E-state index in [4.69, 9.17) is 11.0 Å². The molecule has 0 heterocycles. The topological polar surface area (TPSA) is 66.9 Å². The van der Waals surface area contributed by atoms with Crippen molar-refractivity contribution in [2.75, 3.05) is 0 Å². The first kappa shape index (κ1) is 9.27. The van der Waals surface area contributed by atoms with Crippen molar-refractivity contribution >= 4 is 5.91 Å². The zero-order chi connectivity index (χ0) is 10.0. The van der Waals surface area contributed by atoms with Gasteiger partial charge < -0.3 is 5.73 Å². The lowest BCUT2D eigenvalue weighted by Crippen LogP contribution is -2.15. The molecular weight excluding hydrogens is 164 g/mol. The Morgan fingerprint density at radius 1 is 1.38 bits per heavy atom. The number of aryl methyl sites for hydroxylation is 2. The van der Waals surface area contributed by atoms with Gasteiger partial charge in [0, 0.05) is 0 Å². The SMILES string of the molecule is Cc1ccc(C)c(C(N)=O)c1C#N. The van der Waals surface area contributed by atoms with Crippen LogP contribution in [0.3, 0.4) is 0 Å². The fraction of sp³-hybridized carbons (Fsp3) is 0.200. The van der Waals surface area contributed by atoms with E-state index in [1.54, 1.807) is 26.0 Å². The first-order chi connectivity index (χ1) is 6.07. The number of amides is 1. The van der Waals surface area contributed by atoms with Crippen LogP contribution in [0.4, 0.5) is 0 Å². The fourth-order valence-corrected chi connectivity index (χ4v) is 1.27. The molecule has 0 unspecified atom stereocenters. The zero-order valence-corrected chi connectivity index (χ0v) is 7.59. The number of primary amides is 1. The van der Waals surface area contributed by atoms with Crippen molar-refractivity contribution in [1.82, 2.24) is 0 Å². The number of rotatable bonds is 1. The Labute approximate surface area is 76.8 Å². The normalized spacial score (nSPS) is 9.31. The van der Waals surface area contributed by atoms with Gasteiger partial charge >= 0.3 is 0 Å². The molecule has 1 amide bonds. The Bertz CT molecular complexity index is 402. The van der Waals surface area contributed by atoms with E-state index in [1.807, 2.05) is 6.07 Å². The quantitative estimate of drug-likeness (QED) is 0.696. The average molecular weight is 174 g/mol. The highest BCUT2D eigenvalue weighted by atomic mass is 16.1. The van der Waals surface area contributed by atoms with Gasteiger partial charge in [-0.15, -0.1) is 0 Å². The van der Waals surface area contributed by atoms with Crippen molar-refractivity contribution in [3.8, 4) is 6.07 Å². The van der Waals surface area contributed by atoms with E-state index in [0.717, 1.165) is 11.1 Å². The molecule has 0 aliphatic heterocycles. The molecule has 0 aromatic heterocycles. The van der Waals surface area contributed by atoms with Crippen LogP contribution >= 0.6 is 0 Å². The van der Waals surface area contributed by atoms with Crippen LogP contribution in [-0.2, 0) is 0 Å². The maximum absolute atomic E-state index is 11.0. The van der Waals surface area contributed by atoms with Gasteiger partial charge in [-0.1, -0.05) is 12.1 Å². The number of carbonyl (C=O) groups is 1. The number of nitrogens with two attached hydrogens (primary N) is 1. The molecule has 0 spiro atoms. The maximum Gasteiger partial charge on any atom is 0.250 e. The summed E-state index contributed by atoms with van der Waals surface area (Å²) >= 11 is 0. The molecule has 1 rings (SSSR count). The van der Waals surface area contributed by atoms with Gasteiger partial charge in [0.25, 0.3) is 0 Å². The van der Waals surface area contributed by atoms with Gasteiger partial charge in [0.1, 0.15) is 6.07 Å². The minimum absolute atomic E-state index is 0.336. The predicted octanol–water partition coefficient (Wildman–Crippen LogP) is 1.27. The van der Waals surface area contributed by atoms with Crippen molar-refractivity contribution in [2.45, 2.75) is 13.8 Å². The summed E-state index contributed by atoms with van der Waals surface area (Å²) in [5.41, 5.74) is 7.41. The summed E-state index contributed by atoms with van der Waals surface area (Å²) in [6.07, 6.45) is 0. The Balaban J connectivity index is 3.55. The summed E-state index contributed by atoms with van der Waals surface area (Å²) in [7, 11) is 0. The molecule has 1 aromatic rings. The van der Waals surface area contributed by atoms with E-state index in [1.165, 1.54) is 0 Å². The third-order valence-corrected chi connectivity index (χ3v) is 1.98. The number of hydrogen-bond donors (Lipinski definition) is 1. The molecule has 13 heavy (non-hydrogen) atoms. The highest BCUT2D eigenvalue weighted by Crippen LogP contribution is 2.16. The lowest BCUT2D eigenvalue weighted by atomic mass is 9.98. The standard InChI is InChI=1S/C10H10N2O/c1-6-3-4-7(2)9(10(12)13)8(6)5-11/h3-4H,1-2H3,(H2,12,13). The molecule has 0 aliphatic carbocycles. The Morgan fingerprint density at radius 3 is 2.31 bits per heavy atom. The molecular formula is C10H10N2O. The van der Waals surface area contributed by atoms with Gasteiger partial charge in [-0.05, 0) is 25.0 Å². The molecule has 0 saturated carbocycles. The first-order valence-electron chi connectivity index (χ1n) is 3.88. The van der Waals surface area contributed by atoms with Crippen LogP contribution in [-0.4, -0.2) is 5.91 Å². The average Bonchev–Trinajstić information content (AvgIpc) is 2.07. The first-order valence-corrected chi connectivity index (χ1v) is 3.88. The van der Waals surface area contributed by atoms with Gasteiger partial charge in [-0.3, -0.25) is 4.79 Å². The molecule has 0 fully saturated rings. The van der Waals surface area contributed by atoms with E-state index in [-0.39, 0.29) is 0 Å². The summed E-state index contributed by atoms with van der Waals surface area (Å²) in [6.45, 7) is 3.55. The second-order valence-corrected chi connectivity index (χ2v) is 2.93. The zero-order valence-electron chi connectivity index (χ0n) is 7.59. The number of benzene rings is 1. The second kappa shape index (κ2) is 3.28. The van der Waals surface area contributed by atoms with Crippen LogP contribution in [0.2, 0.25) is 0 Å². The van der Waals surface area contributed by atoms with Crippen LogP contribution < -0.4 is 5.73 Å². The third-order valence-electron chi connectivity index (χ3n) is 1.98. The largest absolute Gasteiger partial charge is 0.366 e. The van der Waals surface area contributed by atoms with E-state index in [9.17, 15) is 4.79 Å². The molecule has 3 heteroatoms. The van der Waals surface area contributed by atoms with Gasteiger partial charge in [0.05, 0.1) is 11.1 Å². The van der Waals surface area contributed by atoms with Crippen LogP contribution in [0.25, 0.3) is 0 Å². The molecule has 0 saturated heterocycles. The molecule has 0 aliphatic rings. The molecule has 1 aromatic carbocycles. The fourth-order valence-electron chi connectivity index (χ4n) is 1.27. The third kappa shape index (κ3) is 1.52. The van der Waals surface area contributed by atoms with Gasteiger partial charge in [0.15, 0.2) is 0 Å². The Morgan fingerprint density at radius 2 is 1.92 bits per heavy atom. The van der Waals surface area contributed by atoms with Gasteiger partial charge in [0.2, 0.25) is 5.91 Å². The van der Waals surface area contributed by atoms with Crippen molar-refractivity contribution in [3.63, 3.8) is 0 Å². The number of nitrogens with zero attached hydrogens (tertiary/aromatic N) is 1. The molecule has 0 bridgehead atoms. The van der Waals surface area contributed by atoms with Crippen molar-refractivity contribution in [1.29, 1.82) is 5.26 Å². The number of carbonyl (C=O) groups excluding carboxylic acids is 1. The number of hydrogen-bond acceptors (Lipinski definition) is 2. The summed E-state index contributed by atoms with van der Waals surface area (Å²) in [6, 6.07) is 5.58. The summed E-state index contributed by atoms with van der Waals surface area (Å²) in [4.78, 5) is 11.0. The van der Waals surface area contributed by atoms with Gasteiger partial charge in [-0.2, -0.15) is 5.26 Å². The van der Waals surface area contributed by atoms with E-state index in [2.05, 4.69) is 0 Å². The molecule has 0 atom stereocenters. The minimum atomic E-state index is -0.544. The predicted molar refractivity (Wildman–Crippen MR) is 49.1 cm³/mol. The molecule has 0 radical (unpaired) electrons. The monoisotopic (exact) mass is 174 g/mol. The highest BCUT2D eigenvalue weighted by Gasteiger charge is 2.12. The molecule has 66 valence electrons. The van der Waals surface area contributed by atoms with E-state index >= 15 is 0 Å². The van der Waals surface area contributed by atoms with E-state index in [0.29, 0.717) is 11.1 Å². The Kier molecular flexibility index (Phi) is 2.34. The molecule has 3 nitrogen and oxygen atoms in total. The second-order valence-electron chi connectivity index (χ2n) is 2.93. The van der Waals surface area contributed by atoms with Crippen molar-refractivity contribution in [3.05, 3.63) is 34.4 Å². The van der Waals surface area contributed by atoms with Crippen molar-refractivity contribution in [2.24, 2.45) is 5.73 Å². The number of nitriles is 1. The van der Waals surface area contributed by atoms with Crippen LogP contribution in [0, 0.1) is 25.2 Å². The van der Waals surface area contributed by atoms with Crippen molar-refractivity contribution < 1.29 is 4.79 Å². The minimum Gasteiger partial charge on any atom is -0.366 e. The summed E-state index contributed by atoms with van der Waals surface area (Å²) in [5.74, 6) is -0.544. The van der Waals surface area contributed by atoms with Gasteiger partial charge in [-0.25, -0.2) is 0 Å². The smallest absolute Gasteiger partial charge is 0.250 e. The van der Waals surface area contributed by atoms with Crippen LogP contribution in [0.15, 0.2) is 12.1 Å². The van der Waals surface area contributed by atoms with Crippen LogP contribution in [0.1, 0.15) is 27.0 Å². The summed E-state index contributed by atoms with van der Waals surface area (Å²) < 4.78 is 0. The Hall–Kier alpha value is -1.82. The van der Waals surface area contributed by atoms with Crippen LogP contribution in [0.5, 0.6) is 0 Å². The highest BCUT2D eigenvalue weighted by molar-refractivity contribution is 5.97. The van der Waals surface area contributed by atoms with E-state index < -0.39 is 5.91 Å². The lowest BCUT2D eigenvalue weighted by Gasteiger charge is -2.05. The summed E-state index contributed by atoms with van der Waals surface area (Å²) in [5, 5.41) is 8.81. The molecule has 2 N–H and O–H groups in total. The lowest BCUT2D eigenvalue weighted by molar-refractivity contribution is 0.0999.